The van der Waals surface area contributed by atoms with E-state index in [1.54, 1.807) is 4.90 Å². The van der Waals surface area contributed by atoms with Crippen LogP contribution in [0.15, 0.2) is 30.5 Å². The molecule has 0 radical (unpaired) electrons. The number of hydrogen-bond acceptors (Lipinski definition) is 1. The molecule has 0 saturated heterocycles. The van der Waals surface area contributed by atoms with Gasteiger partial charge in [-0.2, -0.15) is 0 Å². The Balaban J connectivity index is 1.78. The Morgan fingerprint density at radius 3 is 2.74 bits per heavy atom. The highest BCUT2D eigenvalue weighted by Gasteiger charge is 2.11. The molecule has 1 aromatic heterocycles. The molecule has 126 valence electrons. The molecule has 0 fully saturated rings. The van der Waals surface area contributed by atoms with Gasteiger partial charge in [0.25, 0.3) is 0 Å². The van der Waals surface area contributed by atoms with Gasteiger partial charge in [-0.15, -0.1) is 0 Å². The molecule has 1 heterocycles. The Labute approximate surface area is 138 Å². The Bertz CT molecular complexity index is 618. The van der Waals surface area contributed by atoms with Crippen LogP contribution in [0.25, 0.3) is 10.9 Å². The number of carbonyl (C=O) groups excluding carboxylic acids is 1. The Hall–Kier alpha value is -2.01. The third-order valence-corrected chi connectivity index (χ3v) is 4.38. The number of H-pyrrole nitrogens is 1. The third-order valence-electron chi connectivity index (χ3n) is 4.38. The Morgan fingerprint density at radius 1 is 1.26 bits per heavy atom. The molecule has 0 saturated carbocycles. The van der Waals surface area contributed by atoms with Crippen LogP contribution in [-0.2, 0) is 0 Å². The molecule has 5 nitrogen and oxygen atoms in total. The van der Waals surface area contributed by atoms with Crippen molar-refractivity contribution in [2.75, 3.05) is 25.0 Å². The van der Waals surface area contributed by atoms with Gasteiger partial charge in [0.1, 0.15) is 0 Å². The number of anilines is 1. The van der Waals surface area contributed by atoms with Crippen LogP contribution in [0.1, 0.15) is 33.6 Å². The molecule has 1 atom stereocenters. The van der Waals surface area contributed by atoms with Crippen LogP contribution in [0, 0.1) is 0 Å². The van der Waals surface area contributed by atoms with Crippen LogP contribution in [0.3, 0.4) is 0 Å². The summed E-state index contributed by atoms with van der Waals surface area (Å²) in [7, 11) is 0. The van der Waals surface area contributed by atoms with Crippen molar-refractivity contribution >= 4 is 22.6 Å². The van der Waals surface area contributed by atoms with E-state index in [0.29, 0.717) is 0 Å². The second-order valence-electron chi connectivity index (χ2n) is 6.10. The summed E-state index contributed by atoms with van der Waals surface area (Å²) >= 11 is 0. The standard InChI is InChI=1S/C18H28N4O/c1-4-22(5-2)12-8-9-14(3)20-18(23)21-17-13-19-16-11-7-6-10-15(16)17/h6-7,10-11,13-14,19H,4-5,8-9,12H2,1-3H3,(H2,20,21,23)/p+1/t14-/m1/s1. The first-order valence-corrected chi connectivity index (χ1v) is 8.61. The number of rotatable bonds is 8. The van der Waals surface area contributed by atoms with Crippen molar-refractivity contribution in [2.45, 2.75) is 39.7 Å². The van der Waals surface area contributed by atoms with E-state index in [-0.39, 0.29) is 12.1 Å². The lowest BCUT2D eigenvalue weighted by atomic mass is 10.2. The zero-order valence-corrected chi connectivity index (χ0v) is 14.4. The van der Waals surface area contributed by atoms with E-state index in [4.69, 9.17) is 0 Å². The second kappa shape index (κ2) is 8.58. The van der Waals surface area contributed by atoms with Crippen molar-refractivity contribution in [2.24, 2.45) is 0 Å². The van der Waals surface area contributed by atoms with E-state index in [1.807, 2.05) is 30.5 Å². The van der Waals surface area contributed by atoms with Gasteiger partial charge in [-0.1, -0.05) is 18.2 Å². The maximum absolute atomic E-state index is 12.1. The molecule has 0 aliphatic heterocycles. The van der Waals surface area contributed by atoms with E-state index in [9.17, 15) is 4.79 Å². The van der Waals surface area contributed by atoms with Crippen molar-refractivity contribution < 1.29 is 9.69 Å². The summed E-state index contributed by atoms with van der Waals surface area (Å²) in [6.07, 6.45) is 3.97. The number of fused-ring (bicyclic) bond motifs is 1. The summed E-state index contributed by atoms with van der Waals surface area (Å²) in [6.45, 7) is 10.00. The van der Waals surface area contributed by atoms with E-state index < -0.39 is 0 Å². The fourth-order valence-corrected chi connectivity index (χ4v) is 2.89. The highest BCUT2D eigenvalue weighted by atomic mass is 16.2. The van der Waals surface area contributed by atoms with Crippen molar-refractivity contribution in [3.8, 4) is 0 Å². The van der Waals surface area contributed by atoms with Crippen LogP contribution in [-0.4, -0.2) is 36.7 Å². The third kappa shape index (κ3) is 4.99. The normalized spacial score (nSPS) is 12.5. The first-order valence-electron chi connectivity index (χ1n) is 8.61. The lowest BCUT2D eigenvalue weighted by Gasteiger charge is -2.18. The van der Waals surface area contributed by atoms with Crippen LogP contribution < -0.4 is 15.5 Å². The Morgan fingerprint density at radius 2 is 2.00 bits per heavy atom. The van der Waals surface area contributed by atoms with Gasteiger partial charge in [-0.05, 0) is 39.7 Å². The smallest absolute Gasteiger partial charge is 0.319 e. The summed E-state index contributed by atoms with van der Waals surface area (Å²) in [5.74, 6) is 0. The summed E-state index contributed by atoms with van der Waals surface area (Å²) in [5.41, 5.74) is 1.84. The van der Waals surface area contributed by atoms with Crippen LogP contribution in [0.4, 0.5) is 10.5 Å². The molecule has 2 rings (SSSR count). The monoisotopic (exact) mass is 317 g/mol. The van der Waals surface area contributed by atoms with Crippen molar-refractivity contribution in [3.05, 3.63) is 30.5 Å². The lowest BCUT2D eigenvalue weighted by Crippen LogP contribution is -3.11. The minimum absolute atomic E-state index is 0.141. The number of urea groups is 1. The maximum atomic E-state index is 12.1. The first-order chi connectivity index (χ1) is 11.1. The fraction of sp³-hybridized carbons (Fsp3) is 0.500. The zero-order valence-electron chi connectivity index (χ0n) is 14.4. The van der Waals surface area contributed by atoms with Gasteiger partial charge < -0.3 is 20.5 Å². The number of aromatic nitrogens is 1. The molecule has 23 heavy (non-hydrogen) atoms. The predicted molar refractivity (Wildman–Crippen MR) is 96.1 cm³/mol. The lowest BCUT2D eigenvalue weighted by molar-refractivity contribution is -0.896. The van der Waals surface area contributed by atoms with E-state index >= 15 is 0 Å². The number of carbonyl (C=O) groups is 1. The molecule has 0 spiro atoms. The maximum Gasteiger partial charge on any atom is 0.319 e. The predicted octanol–water partition coefficient (Wildman–Crippen LogP) is 2.38. The molecule has 2 aromatic rings. The van der Waals surface area contributed by atoms with Crippen molar-refractivity contribution in [1.29, 1.82) is 0 Å². The Kier molecular flexibility index (Phi) is 6.47. The topological polar surface area (TPSA) is 61.4 Å². The average molecular weight is 317 g/mol. The fourth-order valence-electron chi connectivity index (χ4n) is 2.89. The largest absolute Gasteiger partial charge is 0.359 e. The number of hydrogen-bond donors (Lipinski definition) is 4. The molecule has 2 amide bonds. The summed E-state index contributed by atoms with van der Waals surface area (Å²) in [5, 5.41) is 6.98. The molecule has 0 aliphatic rings. The van der Waals surface area contributed by atoms with Gasteiger partial charge in [0, 0.05) is 23.1 Å². The highest BCUT2D eigenvalue weighted by molar-refractivity contribution is 6.00. The quantitative estimate of drug-likeness (QED) is 0.593. The molecule has 0 bridgehead atoms. The molecule has 4 N–H and O–H groups in total. The van der Waals surface area contributed by atoms with E-state index in [1.165, 1.54) is 19.6 Å². The average Bonchev–Trinajstić information content (AvgIpc) is 2.94. The number of quaternary nitrogens is 1. The molecular formula is C18H29N4O+. The molecule has 0 unspecified atom stereocenters. The van der Waals surface area contributed by atoms with Gasteiger partial charge in [0.15, 0.2) is 0 Å². The van der Waals surface area contributed by atoms with Crippen molar-refractivity contribution in [3.63, 3.8) is 0 Å². The van der Waals surface area contributed by atoms with E-state index in [2.05, 4.69) is 36.4 Å². The SMILES string of the molecule is CC[NH+](CC)CCC[C@@H](C)NC(=O)Nc1c[nH]c2ccccc12. The van der Waals surface area contributed by atoms with Gasteiger partial charge in [-0.25, -0.2) is 4.79 Å². The number of para-hydroxylation sites is 1. The summed E-state index contributed by atoms with van der Waals surface area (Å²) in [6, 6.07) is 7.97. The second-order valence-corrected chi connectivity index (χ2v) is 6.10. The summed E-state index contributed by atoms with van der Waals surface area (Å²) in [4.78, 5) is 16.9. The molecule has 5 heteroatoms. The van der Waals surface area contributed by atoms with Gasteiger partial charge >= 0.3 is 6.03 Å². The van der Waals surface area contributed by atoms with Gasteiger partial charge in [0.05, 0.1) is 25.3 Å². The first kappa shape index (κ1) is 17.3. The molecular weight excluding hydrogens is 288 g/mol. The van der Waals surface area contributed by atoms with Crippen molar-refractivity contribution in [1.82, 2.24) is 10.3 Å². The van der Waals surface area contributed by atoms with Gasteiger partial charge in [0.2, 0.25) is 0 Å². The number of amides is 2. The van der Waals surface area contributed by atoms with Gasteiger partial charge in [-0.3, -0.25) is 0 Å². The minimum atomic E-state index is -0.141. The molecule has 0 aliphatic carbocycles. The summed E-state index contributed by atoms with van der Waals surface area (Å²) < 4.78 is 0. The zero-order chi connectivity index (χ0) is 16.7. The van der Waals surface area contributed by atoms with Crippen LogP contribution in [0.5, 0.6) is 0 Å². The van der Waals surface area contributed by atoms with E-state index in [0.717, 1.165) is 29.4 Å². The van der Waals surface area contributed by atoms with Crippen LogP contribution in [0.2, 0.25) is 0 Å². The van der Waals surface area contributed by atoms with Crippen LogP contribution >= 0.6 is 0 Å². The number of aromatic amines is 1. The number of nitrogens with one attached hydrogen (secondary N) is 4. The number of benzene rings is 1. The molecule has 1 aromatic carbocycles. The highest BCUT2D eigenvalue weighted by Crippen LogP contribution is 2.22. The minimum Gasteiger partial charge on any atom is -0.359 e.